The maximum absolute atomic E-state index is 10.8. The van der Waals surface area contributed by atoms with E-state index in [1.807, 2.05) is 6.07 Å². The van der Waals surface area contributed by atoms with Gasteiger partial charge in [-0.25, -0.2) is 4.79 Å². The summed E-state index contributed by atoms with van der Waals surface area (Å²) in [5.41, 5.74) is -0.313. The van der Waals surface area contributed by atoms with Gasteiger partial charge in [-0.3, -0.25) is 10.1 Å². The number of nitro benzene ring substituents is 1. The molecule has 0 atom stereocenters. The van der Waals surface area contributed by atoms with Gasteiger partial charge in [0.2, 0.25) is 0 Å². The van der Waals surface area contributed by atoms with Crippen molar-refractivity contribution in [1.82, 2.24) is 0 Å². The molecule has 6 nitrogen and oxygen atoms in total. The number of aromatic carboxylic acids is 1. The molecule has 0 radical (unpaired) electrons. The van der Waals surface area contributed by atoms with Crippen molar-refractivity contribution < 1.29 is 14.8 Å². The standard InChI is InChI=1S/C10H8N2O4/c1-2-6-4-9(12(15)16)8(10(13)14)3-7(6)5-11/h3-4H,2H2,1H3,(H,13,14). The van der Waals surface area contributed by atoms with Crippen molar-refractivity contribution in [2.24, 2.45) is 0 Å². The first-order chi connectivity index (χ1) is 7.51. The van der Waals surface area contributed by atoms with E-state index in [0.29, 0.717) is 12.0 Å². The first-order valence-corrected chi connectivity index (χ1v) is 4.46. The molecular formula is C10H8N2O4. The van der Waals surface area contributed by atoms with Crippen LogP contribution in [0.4, 0.5) is 5.69 Å². The number of hydrogen-bond donors (Lipinski definition) is 1. The number of nitriles is 1. The molecule has 0 saturated carbocycles. The highest BCUT2D eigenvalue weighted by molar-refractivity contribution is 5.93. The lowest BCUT2D eigenvalue weighted by Gasteiger charge is -2.03. The zero-order chi connectivity index (χ0) is 12.3. The summed E-state index contributed by atoms with van der Waals surface area (Å²) in [6.45, 7) is 1.74. The van der Waals surface area contributed by atoms with Crippen LogP contribution in [-0.2, 0) is 6.42 Å². The molecule has 0 aliphatic carbocycles. The van der Waals surface area contributed by atoms with Crippen LogP contribution in [-0.4, -0.2) is 16.0 Å². The highest BCUT2D eigenvalue weighted by Crippen LogP contribution is 2.23. The van der Waals surface area contributed by atoms with Gasteiger partial charge >= 0.3 is 5.97 Å². The van der Waals surface area contributed by atoms with Crippen molar-refractivity contribution in [3.8, 4) is 6.07 Å². The SMILES string of the molecule is CCc1cc([N+](=O)[O-])c(C(=O)O)cc1C#N. The maximum atomic E-state index is 10.8. The van der Waals surface area contributed by atoms with E-state index in [2.05, 4.69) is 0 Å². The summed E-state index contributed by atoms with van der Waals surface area (Å²) in [7, 11) is 0. The van der Waals surface area contributed by atoms with E-state index in [-0.39, 0.29) is 5.56 Å². The second-order valence-corrected chi connectivity index (χ2v) is 3.05. The summed E-state index contributed by atoms with van der Waals surface area (Å²) in [4.78, 5) is 20.7. The molecule has 0 aromatic heterocycles. The summed E-state index contributed by atoms with van der Waals surface area (Å²) in [6.07, 6.45) is 0.434. The lowest BCUT2D eigenvalue weighted by atomic mass is 10.0. The number of carboxylic acids is 1. The van der Waals surface area contributed by atoms with Gasteiger partial charge in [0.1, 0.15) is 5.56 Å². The minimum Gasteiger partial charge on any atom is -0.477 e. The number of nitrogens with zero attached hydrogens (tertiary/aromatic N) is 2. The zero-order valence-corrected chi connectivity index (χ0v) is 8.43. The number of benzene rings is 1. The summed E-state index contributed by atoms with van der Waals surface area (Å²) in [6, 6.07) is 4.00. The Hall–Kier alpha value is -2.42. The third-order valence-electron chi connectivity index (χ3n) is 2.15. The fourth-order valence-corrected chi connectivity index (χ4v) is 1.35. The lowest BCUT2D eigenvalue weighted by Crippen LogP contribution is -2.05. The van der Waals surface area contributed by atoms with Crippen molar-refractivity contribution in [3.05, 3.63) is 38.9 Å². The Bertz CT molecular complexity index is 502. The number of carboxylic acid groups (broad SMARTS) is 1. The lowest BCUT2D eigenvalue weighted by molar-refractivity contribution is -0.385. The average molecular weight is 220 g/mol. The highest BCUT2D eigenvalue weighted by Gasteiger charge is 2.22. The van der Waals surface area contributed by atoms with Gasteiger partial charge in [0.05, 0.1) is 16.6 Å². The molecular weight excluding hydrogens is 212 g/mol. The Morgan fingerprint density at radius 3 is 2.62 bits per heavy atom. The monoisotopic (exact) mass is 220 g/mol. The minimum atomic E-state index is -1.41. The van der Waals surface area contributed by atoms with Gasteiger partial charge < -0.3 is 5.11 Å². The predicted octanol–water partition coefficient (Wildman–Crippen LogP) is 1.73. The number of hydrogen-bond acceptors (Lipinski definition) is 4. The number of rotatable bonds is 3. The Kier molecular flexibility index (Phi) is 3.20. The fraction of sp³-hybridized carbons (Fsp3) is 0.200. The summed E-state index contributed by atoms with van der Waals surface area (Å²) in [5, 5.41) is 28.2. The number of carbonyl (C=O) groups is 1. The van der Waals surface area contributed by atoms with Gasteiger partial charge in [-0.15, -0.1) is 0 Å². The summed E-state index contributed by atoms with van der Waals surface area (Å²) < 4.78 is 0. The highest BCUT2D eigenvalue weighted by atomic mass is 16.6. The van der Waals surface area contributed by atoms with E-state index in [9.17, 15) is 14.9 Å². The van der Waals surface area contributed by atoms with E-state index in [0.717, 1.165) is 12.1 Å². The van der Waals surface area contributed by atoms with Crippen LogP contribution in [0.1, 0.15) is 28.4 Å². The largest absolute Gasteiger partial charge is 0.477 e. The molecule has 1 rings (SSSR count). The molecule has 1 aromatic rings. The third kappa shape index (κ3) is 1.98. The Labute approximate surface area is 90.9 Å². The molecule has 6 heteroatoms. The zero-order valence-electron chi connectivity index (χ0n) is 8.43. The molecule has 0 heterocycles. The van der Waals surface area contributed by atoms with Crippen LogP contribution in [0.25, 0.3) is 0 Å². The van der Waals surface area contributed by atoms with Crippen LogP contribution in [0, 0.1) is 21.4 Å². The van der Waals surface area contributed by atoms with Gasteiger partial charge in [0, 0.05) is 6.07 Å². The average Bonchev–Trinajstić information content (AvgIpc) is 2.26. The first-order valence-electron chi connectivity index (χ1n) is 4.46. The van der Waals surface area contributed by atoms with Crippen molar-refractivity contribution in [2.45, 2.75) is 13.3 Å². The normalized spacial score (nSPS) is 9.50. The second kappa shape index (κ2) is 4.40. The van der Waals surface area contributed by atoms with Gasteiger partial charge in [-0.1, -0.05) is 6.92 Å². The van der Waals surface area contributed by atoms with E-state index in [1.165, 1.54) is 0 Å². The van der Waals surface area contributed by atoms with Crippen molar-refractivity contribution >= 4 is 11.7 Å². The van der Waals surface area contributed by atoms with Crippen molar-refractivity contribution in [3.63, 3.8) is 0 Å². The Morgan fingerprint density at radius 2 is 2.25 bits per heavy atom. The van der Waals surface area contributed by atoms with Crippen LogP contribution < -0.4 is 0 Å². The second-order valence-electron chi connectivity index (χ2n) is 3.05. The quantitative estimate of drug-likeness (QED) is 0.616. The first kappa shape index (κ1) is 11.7. The van der Waals surface area contributed by atoms with Gasteiger partial charge in [-0.2, -0.15) is 5.26 Å². The Morgan fingerprint density at radius 1 is 1.62 bits per heavy atom. The maximum Gasteiger partial charge on any atom is 0.342 e. The van der Waals surface area contributed by atoms with E-state index >= 15 is 0 Å². The van der Waals surface area contributed by atoms with Crippen LogP contribution >= 0.6 is 0 Å². The van der Waals surface area contributed by atoms with Gasteiger partial charge in [0.15, 0.2) is 0 Å². The van der Waals surface area contributed by atoms with Crippen molar-refractivity contribution in [2.75, 3.05) is 0 Å². The molecule has 0 unspecified atom stereocenters. The van der Waals surface area contributed by atoms with Crippen LogP contribution in [0.2, 0.25) is 0 Å². The molecule has 16 heavy (non-hydrogen) atoms. The third-order valence-corrected chi connectivity index (χ3v) is 2.15. The van der Waals surface area contributed by atoms with Crippen molar-refractivity contribution in [1.29, 1.82) is 5.26 Å². The Balaban J connectivity index is 3.55. The molecule has 0 bridgehead atoms. The molecule has 0 saturated heterocycles. The molecule has 0 fully saturated rings. The summed E-state index contributed by atoms with van der Waals surface area (Å²) in [5.74, 6) is -1.41. The smallest absolute Gasteiger partial charge is 0.342 e. The van der Waals surface area contributed by atoms with Crippen LogP contribution in [0.5, 0.6) is 0 Å². The topological polar surface area (TPSA) is 104 Å². The van der Waals surface area contributed by atoms with Gasteiger partial charge in [-0.05, 0) is 18.1 Å². The summed E-state index contributed by atoms with van der Waals surface area (Å²) >= 11 is 0. The fourth-order valence-electron chi connectivity index (χ4n) is 1.35. The minimum absolute atomic E-state index is 0.158. The van der Waals surface area contributed by atoms with Gasteiger partial charge in [0.25, 0.3) is 5.69 Å². The van der Waals surface area contributed by atoms with E-state index < -0.39 is 22.1 Å². The molecule has 1 aromatic carbocycles. The molecule has 0 aliphatic rings. The molecule has 0 amide bonds. The number of nitro groups is 1. The number of aryl methyl sites for hydroxylation is 1. The van der Waals surface area contributed by atoms with E-state index in [4.69, 9.17) is 10.4 Å². The molecule has 1 N–H and O–H groups in total. The molecule has 0 spiro atoms. The van der Waals surface area contributed by atoms with Crippen LogP contribution in [0.3, 0.4) is 0 Å². The van der Waals surface area contributed by atoms with Crippen LogP contribution in [0.15, 0.2) is 12.1 Å². The molecule has 0 aliphatic heterocycles. The molecule has 82 valence electrons. The van der Waals surface area contributed by atoms with E-state index in [1.54, 1.807) is 6.92 Å². The predicted molar refractivity (Wildman–Crippen MR) is 54.1 cm³/mol.